The van der Waals surface area contributed by atoms with E-state index in [1.54, 1.807) is 12.1 Å². The standard InChI is InChI=1S/C24H32O8/c1-24-9-8-14-13-5-3-12(10-11(13)2-4-15(14)16(24)6-7-17(24)25)31-23-20(28)18(26)19(27)21(32-23)22(29)30/h3,5,10,14-21,23,25-28H,2,4,6-9H2,1H3,(H,29,30)/t14-,15-,16+,17+,18+,19+,20-,21+,23-,24+/m1/s1/i7D2,17D. The first-order valence-electron chi connectivity index (χ1n) is 12.7. The topological polar surface area (TPSA) is 137 Å². The number of aliphatic hydroxyl groups is 4. The summed E-state index contributed by atoms with van der Waals surface area (Å²) >= 11 is 0. The van der Waals surface area contributed by atoms with Crippen molar-refractivity contribution < 1.29 is 43.9 Å². The van der Waals surface area contributed by atoms with Gasteiger partial charge in [0.05, 0.1) is 7.45 Å². The number of fused-ring (bicyclic) bond motifs is 5. The van der Waals surface area contributed by atoms with E-state index in [4.69, 9.17) is 13.6 Å². The lowest BCUT2D eigenvalue weighted by Crippen LogP contribution is -2.61. The van der Waals surface area contributed by atoms with E-state index in [9.17, 15) is 30.3 Å². The van der Waals surface area contributed by atoms with Crippen LogP contribution in [0.25, 0.3) is 0 Å². The molecule has 0 spiro atoms. The van der Waals surface area contributed by atoms with Gasteiger partial charge in [-0.3, -0.25) is 0 Å². The van der Waals surface area contributed by atoms with Crippen LogP contribution in [0, 0.1) is 17.3 Å². The molecule has 1 saturated heterocycles. The summed E-state index contributed by atoms with van der Waals surface area (Å²) < 4.78 is 36.0. The van der Waals surface area contributed by atoms with Crippen LogP contribution in [0.2, 0.25) is 0 Å². The second-order valence-corrected chi connectivity index (χ2v) is 9.81. The van der Waals surface area contributed by atoms with Crippen LogP contribution in [0.1, 0.15) is 60.1 Å². The van der Waals surface area contributed by atoms with E-state index in [1.165, 1.54) is 0 Å². The molecular formula is C24H32O8. The Morgan fingerprint density at radius 3 is 2.72 bits per heavy atom. The van der Waals surface area contributed by atoms with Gasteiger partial charge in [-0.05, 0) is 84.9 Å². The summed E-state index contributed by atoms with van der Waals surface area (Å²) in [6.07, 6.45) is -9.56. The summed E-state index contributed by atoms with van der Waals surface area (Å²) in [6, 6.07) is 5.40. The monoisotopic (exact) mass is 451 g/mol. The highest BCUT2D eigenvalue weighted by Gasteiger charge is 2.54. The number of hydrogen-bond donors (Lipinski definition) is 5. The smallest absolute Gasteiger partial charge is 0.335 e. The number of ether oxygens (including phenoxy) is 2. The molecular weight excluding hydrogens is 416 g/mol. The van der Waals surface area contributed by atoms with Crippen molar-refractivity contribution >= 4 is 5.97 Å². The Morgan fingerprint density at radius 2 is 1.97 bits per heavy atom. The van der Waals surface area contributed by atoms with Crippen LogP contribution in [-0.2, 0) is 16.0 Å². The van der Waals surface area contributed by atoms with Crippen LogP contribution in [-0.4, -0.2) is 68.3 Å². The summed E-state index contributed by atoms with van der Waals surface area (Å²) in [5.74, 6) is -0.931. The molecule has 0 radical (unpaired) electrons. The highest BCUT2D eigenvalue weighted by Crippen LogP contribution is 2.60. The van der Waals surface area contributed by atoms with Crippen molar-refractivity contribution in [2.24, 2.45) is 17.3 Å². The summed E-state index contributed by atoms with van der Waals surface area (Å²) in [7, 11) is 0. The first kappa shape index (κ1) is 18.7. The molecule has 32 heavy (non-hydrogen) atoms. The number of carboxylic acid groups (broad SMARTS) is 1. The maximum atomic E-state index is 11.3. The van der Waals surface area contributed by atoms with Gasteiger partial charge in [-0.25, -0.2) is 4.79 Å². The largest absolute Gasteiger partial charge is 0.479 e. The molecule has 1 aromatic rings. The molecule has 8 heteroatoms. The lowest BCUT2D eigenvalue weighted by atomic mass is 9.55. The fourth-order valence-corrected chi connectivity index (χ4v) is 6.31. The van der Waals surface area contributed by atoms with Crippen molar-refractivity contribution in [2.75, 3.05) is 0 Å². The van der Waals surface area contributed by atoms with Crippen LogP contribution in [0.3, 0.4) is 0 Å². The zero-order valence-electron chi connectivity index (χ0n) is 20.8. The molecule has 0 aromatic heterocycles. The zero-order valence-corrected chi connectivity index (χ0v) is 17.8. The minimum absolute atomic E-state index is 0.102. The van der Waals surface area contributed by atoms with E-state index < -0.39 is 54.5 Å². The van der Waals surface area contributed by atoms with Crippen molar-refractivity contribution in [1.29, 1.82) is 0 Å². The normalized spacial score (nSPS) is 50.7. The average Bonchev–Trinajstić information content (AvgIpc) is 2.94. The number of aryl methyl sites for hydroxylation is 1. The SMILES string of the molecule is [2H]C1([2H])C[C@H]2[C@@H]3CCc4cc(O[C@@H]5O[C@H](C(=O)O)[C@@H](O)[C@H](O)[C@H]5O)ccc4[C@H]3CC[C@]2(C)[C@@]1([2H])O. The number of rotatable bonds is 3. The fraction of sp³-hybridized carbons (Fsp3) is 0.708. The van der Waals surface area contributed by atoms with Gasteiger partial charge in [0.1, 0.15) is 24.1 Å². The van der Waals surface area contributed by atoms with Crippen molar-refractivity contribution in [2.45, 2.75) is 88.1 Å². The molecule has 3 aliphatic carbocycles. The predicted molar refractivity (Wildman–Crippen MR) is 112 cm³/mol. The van der Waals surface area contributed by atoms with Crippen molar-refractivity contribution in [3.8, 4) is 5.75 Å². The number of hydrogen-bond acceptors (Lipinski definition) is 7. The van der Waals surface area contributed by atoms with Crippen molar-refractivity contribution in [1.82, 2.24) is 0 Å². The highest BCUT2D eigenvalue weighted by atomic mass is 16.7. The molecule has 10 atom stereocenters. The van der Waals surface area contributed by atoms with Gasteiger partial charge < -0.3 is 35.0 Å². The highest BCUT2D eigenvalue weighted by molar-refractivity contribution is 5.73. The van der Waals surface area contributed by atoms with Gasteiger partial charge in [0.25, 0.3) is 0 Å². The third-order valence-electron chi connectivity index (χ3n) is 8.18. The molecule has 4 aliphatic rings. The number of carboxylic acids is 1. The molecule has 176 valence electrons. The Bertz CT molecular complexity index is 1020. The van der Waals surface area contributed by atoms with Gasteiger partial charge in [-0.2, -0.15) is 0 Å². The number of carbonyl (C=O) groups is 1. The van der Waals surface area contributed by atoms with Crippen LogP contribution < -0.4 is 4.74 Å². The number of benzene rings is 1. The molecule has 1 heterocycles. The number of aliphatic hydroxyl groups excluding tert-OH is 3. The summed E-state index contributed by atoms with van der Waals surface area (Å²) in [6.45, 7) is 1.85. The second-order valence-electron chi connectivity index (χ2n) is 9.81. The third-order valence-corrected chi connectivity index (χ3v) is 8.18. The Labute approximate surface area is 191 Å². The van der Waals surface area contributed by atoms with Gasteiger partial charge in [-0.15, -0.1) is 0 Å². The Morgan fingerprint density at radius 1 is 1.19 bits per heavy atom. The first-order valence-corrected chi connectivity index (χ1v) is 11.2. The Hall–Kier alpha value is -1.71. The molecule has 0 unspecified atom stereocenters. The van der Waals surface area contributed by atoms with E-state index in [-0.39, 0.29) is 24.2 Å². The van der Waals surface area contributed by atoms with Crippen LogP contribution in [0.15, 0.2) is 18.2 Å². The maximum absolute atomic E-state index is 11.3. The van der Waals surface area contributed by atoms with E-state index in [2.05, 4.69) is 0 Å². The second kappa shape index (κ2) is 7.95. The lowest BCUT2D eigenvalue weighted by molar-refractivity contribution is -0.271. The van der Waals surface area contributed by atoms with E-state index in [1.807, 2.05) is 13.0 Å². The maximum Gasteiger partial charge on any atom is 0.335 e. The lowest BCUT2D eigenvalue weighted by Gasteiger charge is -2.50. The zero-order chi connectivity index (χ0) is 25.5. The fourth-order valence-electron chi connectivity index (χ4n) is 6.31. The van der Waals surface area contributed by atoms with Gasteiger partial charge in [0, 0.05) is 2.74 Å². The molecule has 1 aromatic carbocycles. The molecule has 5 N–H and O–H groups in total. The number of aliphatic carboxylic acids is 1. The van der Waals surface area contributed by atoms with Gasteiger partial charge in [-0.1, -0.05) is 13.0 Å². The molecule has 8 nitrogen and oxygen atoms in total. The summed E-state index contributed by atoms with van der Waals surface area (Å²) in [4.78, 5) is 11.3. The van der Waals surface area contributed by atoms with Crippen LogP contribution in [0.5, 0.6) is 5.75 Å². The van der Waals surface area contributed by atoms with Crippen molar-refractivity contribution in [3.05, 3.63) is 29.3 Å². The molecule has 3 fully saturated rings. The molecule has 0 amide bonds. The summed E-state index contributed by atoms with van der Waals surface area (Å²) in [5, 5.41) is 50.2. The van der Waals surface area contributed by atoms with Crippen molar-refractivity contribution in [3.63, 3.8) is 0 Å². The third kappa shape index (κ3) is 3.35. The molecule has 1 aliphatic heterocycles. The van der Waals surface area contributed by atoms with E-state index in [0.717, 1.165) is 24.0 Å². The average molecular weight is 452 g/mol. The molecule has 2 saturated carbocycles. The van der Waals surface area contributed by atoms with E-state index >= 15 is 0 Å². The Balaban J connectivity index is 1.36. The molecule has 5 rings (SSSR count). The quantitative estimate of drug-likeness (QED) is 0.462. The summed E-state index contributed by atoms with van der Waals surface area (Å²) in [5.41, 5.74) is 1.33. The Kier molecular flexibility index (Phi) is 4.64. The van der Waals surface area contributed by atoms with E-state index in [0.29, 0.717) is 18.6 Å². The van der Waals surface area contributed by atoms with Crippen LogP contribution in [0.4, 0.5) is 0 Å². The first-order chi connectivity index (χ1) is 16.3. The van der Waals surface area contributed by atoms with Gasteiger partial charge in [0.15, 0.2) is 6.10 Å². The van der Waals surface area contributed by atoms with Gasteiger partial charge in [0.2, 0.25) is 6.29 Å². The van der Waals surface area contributed by atoms with Crippen LogP contribution >= 0.6 is 0 Å². The minimum Gasteiger partial charge on any atom is -0.479 e. The van der Waals surface area contributed by atoms with Gasteiger partial charge >= 0.3 is 5.97 Å². The minimum atomic E-state index is -2.12. The predicted octanol–water partition coefficient (Wildman–Crippen LogP) is 1.17. The molecule has 0 bridgehead atoms.